The lowest BCUT2D eigenvalue weighted by Gasteiger charge is -2.39. The summed E-state index contributed by atoms with van der Waals surface area (Å²) in [6, 6.07) is 48.5. The molecular formula is C112H155Br2Cl3FN11O3. The zero-order valence-corrected chi connectivity index (χ0v) is 87.8. The van der Waals surface area contributed by atoms with E-state index in [2.05, 4.69) is 251 Å². The molecule has 7 aromatic rings. The van der Waals surface area contributed by atoms with Crippen LogP contribution in [0.2, 0.25) is 15.1 Å². The zero-order chi connectivity index (χ0) is 94.6. The Bertz CT molecular complexity index is 5140. The van der Waals surface area contributed by atoms with Crippen molar-refractivity contribution in [1.82, 2.24) is 43.9 Å². The third kappa shape index (κ3) is 32.1. The van der Waals surface area contributed by atoms with Crippen LogP contribution in [0.3, 0.4) is 0 Å². The summed E-state index contributed by atoms with van der Waals surface area (Å²) in [5.74, 6) is 0.833. The number of ether oxygens (including phenoxy) is 1. The van der Waals surface area contributed by atoms with E-state index in [1.54, 1.807) is 45.6 Å². The molecule has 0 atom stereocenters. The highest BCUT2D eigenvalue weighted by atomic mass is 79.9. The van der Waals surface area contributed by atoms with E-state index in [1.807, 2.05) is 48.5 Å². The van der Waals surface area contributed by atoms with Crippen LogP contribution in [0.25, 0.3) is 27.8 Å². The van der Waals surface area contributed by atoms with E-state index in [-0.39, 0.29) is 5.82 Å². The van der Waals surface area contributed by atoms with E-state index in [1.165, 1.54) is 180 Å². The number of Topliss-reactive ketones (excluding diaryl/α,β-unsaturated/α-hetero) is 1. The number of hydrogen-bond donors (Lipinski definition) is 2. The maximum absolute atomic E-state index is 13.2. The van der Waals surface area contributed by atoms with Gasteiger partial charge in [-0.3, -0.25) is 34.6 Å². The second-order valence-electron chi connectivity index (χ2n) is 44.1. The molecule has 17 rings (SSSR count). The van der Waals surface area contributed by atoms with E-state index in [9.17, 15) is 14.0 Å². The number of hydrogen-bond acceptors (Lipinski definition) is 12. The molecule has 2 N–H and O–H groups in total. The molecule has 0 radical (unpaired) electrons. The topological polar surface area (TPSA) is 112 Å². The lowest BCUT2D eigenvalue weighted by molar-refractivity contribution is -0.122. The number of anilines is 1. The number of nitrogens with zero attached hydrogens (tertiary/aromatic N) is 9. The standard InChI is InChI=1S/C42H47ClFN5O.C20H29ClN2.C19H27ClN2.C14H25BrN2.C9H13BrO.C8H14O/c1-42(2)21-20-38(32-10-12-34(43)13-11-32)33(28-42)30-46-23-25-47(26-24-46)36-16-8-31(9-17-36)29-49-40-7-4-3-6-39(40)48(41(49)45)22-5-27-50-37-18-14-35(44)15-19-37;1-20(2)9-8-19(16-4-6-18(21)7-5-16)17(14-20)15-23-12-10-22(3)11-13-23;1-19(2)8-7-18(15-3-5-17(20)6-4-15)16(13-19)14-22-11-9-21-10-12-22;1-14(2)5-4-13(15)12(10-14)11-17-8-6-16(3)7-9-17;1-9(2)4-3-8(10)7(5-9)6-11;1-8(2)5-3-7(9)4-6-8/h3-4,6-19,45H,5,20-30H2,1-2H3;4-7H,8-15H2,1-3H3;3-6,21H,7-14H2,1-2H3;4-11H2,1-3H3;6H,3-5H2,1-2H3;3-6H2,1-2H3. The van der Waals surface area contributed by atoms with Crippen molar-refractivity contribution in [2.75, 3.05) is 156 Å². The molecule has 0 spiro atoms. The summed E-state index contributed by atoms with van der Waals surface area (Å²) in [5.41, 5.74) is 23.6. The van der Waals surface area contributed by atoms with Crippen LogP contribution < -0.4 is 20.6 Å². The molecule has 718 valence electrons. The van der Waals surface area contributed by atoms with Gasteiger partial charge in [-0.25, -0.2) is 4.39 Å². The summed E-state index contributed by atoms with van der Waals surface area (Å²) < 4.78 is 25.8. The van der Waals surface area contributed by atoms with Crippen molar-refractivity contribution in [1.29, 1.82) is 5.41 Å². The van der Waals surface area contributed by atoms with Crippen LogP contribution in [-0.2, 0) is 22.7 Å². The first-order valence-corrected chi connectivity index (χ1v) is 52.1. The monoisotopic (exact) mass is 1980 g/mol. The molecule has 14 nitrogen and oxygen atoms in total. The fourth-order valence-corrected chi connectivity index (χ4v) is 21.9. The van der Waals surface area contributed by atoms with Gasteiger partial charge in [0.2, 0.25) is 5.62 Å². The van der Waals surface area contributed by atoms with Gasteiger partial charge in [-0.1, -0.05) is 227 Å². The van der Waals surface area contributed by atoms with E-state index in [4.69, 9.17) is 44.9 Å². The largest absolute Gasteiger partial charge is 0.494 e. The van der Waals surface area contributed by atoms with Gasteiger partial charge in [-0.2, -0.15) is 0 Å². The smallest absolute Gasteiger partial charge is 0.203 e. The summed E-state index contributed by atoms with van der Waals surface area (Å²) in [7, 11) is 4.44. The number of allylic oxidation sites excluding steroid dienone is 6. The van der Waals surface area contributed by atoms with Crippen molar-refractivity contribution >= 4 is 112 Å². The number of rotatable bonds is 20. The van der Waals surface area contributed by atoms with Gasteiger partial charge in [0.15, 0.2) is 0 Å². The molecule has 1 saturated carbocycles. The van der Waals surface area contributed by atoms with Crippen LogP contribution in [0.5, 0.6) is 5.75 Å². The summed E-state index contributed by atoms with van der Waals surface area (Å²) in [6.45, 7) is 52.7. The highest BCUT2D eigenvalue weighted by molar-refractivity contribution is 9.12. The number of aldehydes is 1. The van der Waals surface area contributed by atoms with Crippen molar-refractivity contribution in [2.45, 2.75) is 225 Å². The fourth-order valence-electron chi connectivity index (χ4n) is 20.6. The number of para-hydroxylation sites is 2. The van der Waals surface area contributed by atoms with Gasteiger partial charge >= 0.3 is 0 Å². The first-order chi connectivity index (χ1) is 62.8. The zero-order valence-electron chi connectivity index (χ0n) is 82.4. The van der Waals surface area contributed by atoms with E-state index in [0.717, 1.165) is 172 Å². The molecule has 4 saturated heterocycles. The molecule has 4 aliphatic heterocycles. The Morgan fingerprint density at radius 3 is 1.20 bits per heavy atom. The Labute approximate surface area is 824 Å². The lowest BCUT2D eigenvalue weighted by atomic mass is 9.72. The Morgan fingerprint density at radius 2 is 0.788 bits per heavy atom. The molecule has 1 aromatic heterocycles. The number of aromatic nitrogens is 2. The molecule has 5 fully saturated rings. The first-order valence-electron chi connectivity index (χ1n) is 49.3. The Kier molecular flexibility index (Phi) is 38.3. The molecule has 10 aliphatic rings. The summed E-state index contributed by atoms with van der Waals surface area (Å²) in [5, 5.41) is 15.0. The number of fused-ring (bicyclic) bond motifs is 1. The SMILES string of the molecule is CC1(C)CCC(=O)CC1.CC1(C)CCC(Br)=C(C=O)C1.CC1(C)CCC(c2ccc(Cl)cc2)=C(CN2CCN(c3ccc(Cn4c(=N)n(CCCOc5ccc(F)cc5)c5ccccc54)cc3)CC2)C1.CC1(C)CCC(c2ccc(Cl)cc2)=C(CN2CCNCC2)C1.CN1CCN(CC2=C(Br)CCC(C)(C)C2)CC1.CN1CCN(CC2=C(c3ccc(Cl)cc3)CCC(C)(C)C2)CC1. The fraction of sp³-hybridized carbons (Fsp3) is 0.562. The molecule has 132 heavy (non-hydrogen) atoms. The molecule has 0 bridgehead atoms. The first kappa shape index (κ1) is 105. The van der Waals surface area contributed by atoms with E-state index < -0.39 is 0 Å². The number of carbonyl (C=O) groups excluding carboxylic acids is 2. The minimum Gasteiger partial charge on any atom is -0.494 e. The number of ketones is 1. The van der Waals surface area contributed by atoms with Crippen LogP contribution in [0.1, 0.15) is 234 Å². The second-order valence-corrected chi connectivity index (χ2v) is 47.3. The third-order valence-electron chi connectivity index (χ3n) is 29.2. The summed E-state index contributed by atoms with van der Waals surface area (Å²) in [6.07, 6.45) is 23.3. The Hall–Kier alpha value is -6.29. The highest BCUT2D eigenvalue weighted by Crippen LogP contribution is 2.48. The van der Waals surface area contributed by atoms with Crippen LogP contribution in [-0.4, -0.2) is 202 Å². The Balaban J connectivity index is 0.000000160. The molecule has 0 unspecified atom stereocenters. The normalized spacial score (nSPS) is 21.5. The molecular weight excluding hydrogens is 1830 g/mol. The number of halogens is 6. The summed E-state index contributed by atoms with van der Waals surface area (Å²) in [4.78, 5) is 39.1. The average Bonchev–Trinajstić information content (AvgIpc) is 1.61. The Morgan fingerprint density at radius 1 is 0.417 bits per heavy atom. The van der Waals surface area contributed by atoms with Gasteiger partial charge < -0.3 is 33.9 Å². The van der Waals surface area contributed by atoms with Crippen LogP contribution >= 0.6 is 66.7 Å². The minimum absolute atomic E-state index is 0.273. The molecule has 20 heteroatoms. The molecule has 6 aliphatic carbocycles. The van der Waals surface area contributed by atoms with Gasteiger partial charge in [0.25, 0.3) is 0 Å². The quantitative estimate of drug-likeness (QED) is 0.0562. The molecule has 5 heterocycles. The molecule has 0 amide bonds. The third-order valence-corrected chi connectivity index (χ3v) is 31.8. The number of likely N-dealkylation sites (N-methyl/N-ethyl adjacent to an activating group) is 2. The van der Waals surface area contributed by atoms with E-state index >= 15 is 0 Å². The van der Waals surface area contributed by atoms with Crippen molar-refractivity contribution in [3.8, 4) is 5.75 Å². The number of carbonyl (C=O) groups is 2. The van der Waals surface area contributed by atoms with Gasteiger partial charge in [-0.05, 0) is 296 Å². The van der Waals surface area contributed by atoms with Gasteiger partial charge in [0.1, 0.15) is 23.6 Å². The predicted octanol–water partition coefficient (Wildman–Crippen LogP) is 26.1. The number of benzene rings is 6. The average molecular weight is 1990 g/mol. The molecule has 6 aromatic carbocycles. The van der Waals surface area contributed by atoms with Crippen molar-refractivity contribution in [2.24, 2.45) is 32.5 Å². The highest BCUT2D eigenvalue weighted by Gasteiger charge is 2.35. The maximum atomic E-state index is 13.2. The number of aryl methyl sites for hydroxylation is 1. The van der Waals surface area contributed by atoms with Crippen molar-refractivity contribution in [3.05, 3.63) is 231 Å². The van der Waals surface area contributed by atoms with E-state index in [0.29, 0.717) is 69.3 Å². The van der Waals surface area contributed by atoms with Crippen LogP contribution in [0.4, 0.5) is 10.1 Å². The second kappa shape index (κ2) is 48.3. The number of imidazole rings is 1. The van der Waals surface area contributed by atoms with Gasteiger partial charge in [0, 0.05) is 181 Å². The van der Waals surface area contributed by atoms with Gasteiger partial charge in [-0.15, -0.1) is 0 Å². The number of nitrogens with one attached hydrogen (secondary N) is 2. The lowest BCUT2D eigenvalue weighted by Crippen LogP contribution is -2.47. The van der Waals surface area contributed by atoms with Gasteiger partial charge in [0.05, 0.1) is 24.2 Å². The van der Waals surface area contributed by atoms with Crippen LogP contribution in [0.15, 0.2) is 182 Å². The predicted molar refractivity (Wildman–Crippen MR) is 562 cm³/mol. The minimum atomic E-state index is -0.273. The maximum Gasteiger partial charge on any atom is 0.203 e. The van der Waals surface area contributed by atoms with Crippen molar-refractivity contribution < 1.29 is 18.7 Å². The van der Waals surface area contributed by atoms with Crippen molar-refractivity contribution in [3.63, 3.8) is 0 Å². The van der Waals surface area contributed by atoms with Crippen LogP contribution in [0, 0.1) is 43.7 Å². The number of piperazine rings is 4. The summed E-state index contributed by atoms with van der Waals surface area (Å²) >= 11 is 25.5.